The molecule has 0 spiro atoms. The molecular formula is C15H24N2OS. The van der Waals surface area contributed by atoms with E-state index in [0.717, 1.165) is 30.8 Å². The fourth-order valence-electron chi connectivity index (χ4n) is 1.97. The Balaban J connectivity index is 2.48. The number of hydrogen-bond donors (Lipinski definition) is 1. The van der Waals surface area contributed by atoms with Crippen LogP contribution >= 0.6 is 12.2 Å². The van der Waals surface area contributed by atoms with Gasteiger partial charge in [-0.25, -0.2) is 0 Å². The summed E-state index contributed by atoms with van der Waals surface area (Å²) in [6.45, 7) is 9.30. The van der Waals surface area contributed by atoms with E-state index in [-0.39, 0.29) is 0 Å². The predicted molar refractivity (Wildman–Crippen MR) is 84.8 cm³/mol. The zero-order valence-electron chi connectivity index (χ0n) is 12.1. The molecule has 4 heteroatoms. The first-order chi connectivity index (χ1) is 9.08. The zero-order chi connectivity index (χ0) is 14.3. The average molecular weight is 280 g/mol. The first-order valence-electron chi connectivity index (χ1n) is 6.85. The molecule has 1 rings (SSSR count). The van der Waals surface area contributed by atoms with Crippen molar-refractivity contribution in [2.45, 2.75) is 33.2 Å². The van der Waals surface area contributed by atoms with Crippen molar-refractivity contribution in [1.82, 2.24) is 4.90 Å². The minimum Gasteiger partial charge on any atom is -0.492 e. The highest BCUT2D eigenvalue weighted by molar-refractivity contribution is 7.80. The van der Waals surface area contributed by atoms with E-state index in [1.54, 1.807) is 0 Å². The fourth-order valence-corrected chi connectivity index (χ4v) is 2.10. The lowest BCUT2D eigenvalue weighted by Crippen LogP contribution is -2.35. The normalized spacial score (nSPS) is 12.4. The predicted octanol–water partition coefficient (Wildman–Crippen LogP) is 2.82. The van der Waals surface area contributed by atoms with Crippen LogP contribution in [0.25, 0.3) is 0 Å². The average Bonchev–Trinajstić information content (AvgIpc) is 2.43. The van der Waals surface area contributed by atoms with E-state index in [4.69, 9.17) is 22.7 Å². The summed E-state index contributed by atoms with van der Waals surface area (Å²) in [6, 6.07) is 8.22. The molecule has 0 amide bonds. The van der Waals surface area contributed by atoms with E-state index in [1.165, 1.54) is 0 Å². The van der Waals surface area contributed by atoms with Crippen molar-refractivity contribution < 1.29 is 4.74 Å². The smallest absolute Gasteiger partial charge is 0.120 e. The molecule has 0 aliphatic heterocycles. The van der Waals surface area contributed by atoms with Crippen molar-refractivity contribution in [2.75, 3.05) is 19.7 Å². The maximum atomic E-state index is 5.77. The monoisotopic (exact) mass is 280 g/mol. The van der Waals surface area contributed by atoms with Crippen LogP contribution in [0.4, 0.5) is 0 Å². The van der Waals surface area contributed by atoms with Gasteiger partial charge in [0.2, 0.25) is 0 Å². The molecular weight excluding hydrogens is 256 g/mol. The maximum absolute atomic E-state index is 5.77. The third-order valence-electron chi connectivity index (χ3n) is 3.39. The van der Waals surface area contributed by atoms with E-state index in [9.17, 15) is 0 Å². The van der Waals surface area contributed by atoms with Crippen molar-refractivity contribution in [3.63, 3.8) is 0 Å². The van der Waals surface area contributed by atoms with Crippen molar-refractivity contribution in [3.8, 4) is 5.75 Å². The quantitative estimate of drug-likeness (QED) is 0.743. The number of hydrogen-bond acceptors (Lipinski definition) is 3. The molecule has 2 N–H and O–H groups in total. The summed E-state index contributed by atoms with van der Waals surface area (Å²) >= 11 is 4.96. The molecule has 0 saturated carbocycles. The van der Waals surface area contributed by atoms with Gasteiger partial charge in [0.1, 0.15) is 17.3 Å². The summed E-state index contributed by atoms with van der Waals surface area (Å²) in [5.74, 6) is 0.825. The number of benzene rings is 1. The Morgan fingerprint density at radius 2 is 2.16 bits per heavy atom. The first-order valence-corrected chi connectivity index (χ1v) is 7.26. The molecule has 0 radical (unpaired) electrons. The molecule has 1 aromatic rings. The Hall–Kier alpha value is -1.13. The number of thiocarbonyl (C=S) groups is 1. The second-order valence-corrected chi connectivity index (χ2v) is 5.07. The Bertz CT molecular complexity index is 409. The van der Waals surface area contributed by atoms with E-state index < -0.39 is 0 Å². The summed E-state index contributed by atoms with van der Waals surface area (Å²) in [5.41, 5.74) is 6.46. The highest BCUT2D eigenvalue weighted by atomic mass is 32.1. The van der Waals surface area contributed by atoms with Crippen LogP contribution in [0.3, 0.4) is 0 Å². The summed E-state index contributed by atoms with van der Waals surface area (Å²) < 4.78 is 5.77. The van der Waals surface area contributed by atoms with Crippen molar-refractivity contribution in [2.24, 2.45) is 5.73 Å². The van der Waals surface area contributed by atoms with Crippen molar-refractivity contribution >= 4 is 17.2 Å². The molecule has 0 aliphatic carbocycles. The summed E-state index contributed by atoms with van der Waals surface area (Å²) in [6.07, 6.45) is 1.16. The summed E-state index contributed by atoms with van der Waals surface area (Å²) in [4.78, 5) is 2.82. The molecule has 0 saturated heterocycles. The van der Waals surface area contributed by atoms with Gasteiger partial charge in [-0.3, -0.25) is 4.90 Å². The van der Waals surface area contributed by atoms with Gasteiger partial charge in [-0.05, 0) is 32.0 Å². The molecule has 3 nitrogen and oxygen atoms in total. The summed E-state index contributed by atoms with van der Waals surface area (Å²) in [7, 11) is 0. The van der Waals surface area contributed by atoms with Crippen LogP contribution in [0.5, 0.6) is 5.75 Å². The highest BCUT2D eigenvalue weighted by Gasteiger charge is 2.09. The van der Waals surface area contributed by atoms with Crippen LogP contribution in [-0.2, 0) is 0 Å². The standard InChI is InChI=1S/C15H24N2OS/c1-4-12(3)17(5-2)9-10-18-14-8-6-7-13(11-14)15(16)19/h6-8,11-12H,4-5,9-10H2,1-3H3,(H2,16,19). The number of likely N-dealkylation sites (N-methyl/N-ethyl adjacent to an activating group) is 1. The largest absolute Gasteiger partial charge is 0.492 e. The van der Waals surface area contributed by atoms with E-state index >= 15 is 0 Å². The lowest BCUT2D eigenvalue weighted by molar-refractivity contribution is 0.171. The number of nitrogens with zero attached hydrogens (tertiary/aromatic N) is 1. The minimum absolute atomic E-state index is 0.403. The molecule has 0 heterocycles. The lowest BCUT2D eigenvalue weighted by atomic mass is 10.2. The maximum Gasteiger partial charge on any atom is 0.120 e. The van der Waals surface area contributed by atoms with Gasteiger partial charge in [-0.15, -0.1) is 0 Å². The zero-order valence-corrected chi connectivity index (χ0v) is 12.9. The van der Waals surface area contributed by atoms with Gasteiger partial charge in [0, 0.05) is 18.2 Å². The van der Waals surface area contributed by atoms with Gasteiger partial charge in [-0.1, -0.05) is 38.2 Å². The van der Waals surface area contributed by atoms with Crippen LogP contribution in [0.1, 0.15) is 32.8 Å². The first kappa shape index (κ1) is 15.9. The Morgan fingerprint density at radius 3 is 2.74 bits per heavy atom. The van der Waals surface area contributed by atoms with Crippen molar-refractivity contribution in [1.29, 1.82) is 0 Å². The molecule has 0 aromatic heterocycles. The van der Waals surface area contributed by atoms with Gasteiger partial charge >= 0.3 is 0 Å². The third-order valence-corrected chi connectivity index (χ3v) is 3.62. The summed E-state index contributed by atoms with van der Waals surface area (Å²) in [5, 5.41) is 0. The molecule has 1 unspecified atom stereocenters. The van der Waals surface area contributed by atoms with Crippen LogP contribution in [0, 0.1) is 0 Å². The van der Waals surface area contributed by atoms with E-state index in [2.05, 4.69) is 25.7 Å². The molecule has 0 bridgehead atoms. The number of nitrogens with two attached hydrogens (primary N) is 1. The van der Waals surface area contributed by atoms with Gasteiger partial charge in [0.05, 0.1) is 0 Å². The van der Waals surface area contributed by atoms with Crippen LogP contribution < -0.4 is 10.5 Å². The van der Waals surface area contributed by atoms with Gasteiger partial charge < -0.3 is 10.5 Å². The Morgan fingerprint density at radius 1 is 1.42 bits per heavy atom. The second-order valence-electron chi connectivity index (χ2n) is 4.63. The highest BCUT2D eigenvalue weighted by Crippen LogP contribution is 2.13. The van der Waals surface area contributed by atoms with Crippen LogP contribution in [0.2, 0.25) is 0 Å². The van der Waals surface area contributed by atoms with E-state index in [1.807, 2.05) is 24.3 Å². The molecule has 0 aliphatic rings. The minimum atomic E-state index is 0.403. The van der Waals surface area contributed by atoms with E-state index in [0.29, 0.717) is 17.6 Å². The van der Waals surface area contributed by atoms with Gasteiger partial charge in [-0.2, -0.15) is 0 Å². The molecule has 19 heavy (non-hydrogen) atoms. The fraction of sp³-hybridized carbons (Fsp3) is 0.533. The molecule has 1 atom stereocenters. The van der Waals surface area contributed by atoms with Crippen LogP contribution in [0.15, 0.2) is 24.3 Å². The number of rotatable bonds is 8. The number of ether oxygens (including phenoxy) is 1. The molecule has 0 fully saturated rings. The SMILES string of the molecule is CCC(C)N(CC)CCOc1cccc(C(N)=S)c1. The van der Waals surface area contributed by atoms with Gasteiger partial charge in [0.15, 0.2) is 0 Å². The van der Waals surface area contributed by atoms with Crippen molar-refractivity contribution in [3.05, 3.63) is 29.8 Å². The Kier molecular flexibility index (Phi) is 6.81. The van der Waals surface area contributed by atoms with Crippen LogP contribution in [-0.4, -0.2) is 35.6 Å². The van der Waals surface area contributed by atoms with Gasteiger partial charge in [0.25, 0.3) is 0 Å². The molecule has 1 aromatic carbocycles. The second kappa shape index (κ2) is 8.12. The lowest BCUT2D eigenvalue weighted by Gasteiger charge is -2.26. The Labute approximate surface area is 121 Å². The topological polar surface area (TPSA) is 38.5 Å². The third kappa shape index (κ3) is 5.17. The molecule has 106 valence electrons.